The summed E-state index contributed by atoms with van der Waals surface area (Å²) in [6.45, 7) is 1.89. The molecule has 5 rings (SSSR count). The number of Topliss-reactive ketones (excluding diaryl/α,β-unsaturated/α-hetero) is 2. The Morgan fingerprint density at radius 1 is 0.923 bits per heavy atom. The van der Waals surface area contributed by atoms with Gasteiger partial charge in [0.25, 0.3) is 0 Å². The normalized spacial score (nSPS) is 17.9. The van der Waals surface area contributed by atoms with Gasteiger partial charge < -0.3 is 14.2 Å². The lowest BCUT2D eigenvalue weighted by Gasteiger charge is -2.36. The Morgan fingerprint density at radius 2 is 1.54 bits per heavy atom. The Bertz CT molecular complexity index is 1400. The number of ketones is 2. The molecule has 8 nitrogen and oxygen atoms in total. The van der Waals surface area contributed by atoms with Crippen LogP contribution in [-0.4, -0.2) is 23.1 Å². The van der Waals surface area contributed by atoms with E-state index in [0.29, 0.717) is 78.9 Å². The lowest BCUT2D eigenvalue weighted by atomic mass is 9.73. The van der Waals surface area contributed by atoms with Crippen molar-refractivity contribution in [1.82, 2.24) is 0 Å². The Labute approximate surface area is 221 Å². The number of allylic oxidation sites excluding steroid dienone is 4. The molecule has 2 aliphatic carbocycles. The molecule has 204 valence electrons. The highest BCUT2D eigenvalue weighted by Gasteiger charge is 2.42. The largest absolute Gasteiger partial charge is 0.490 e. The summed E-state index contributed by atoms with van der Waals surface area (Å²) in [7, 11) is 0. The van der Waals surface area contributed by atoms with Crippen LogP contribution in [0.25, 0.3) is 0 Å². The van der Waals surface area contributed by atoms with Gasteiger partial charge in [-0.15, -0.1) is 0 Å². The van der Waals surface area contributed by atoms with Crippen LogP contribution in [0.1, 0.15) is 62.5 Å². The molecule has 1 heterocycles. The van der Waals surface area contributed by atoms with E-state index >= 15 is 0 Å². The summed E-state index contributed by atoms with van der Waals surface area (Å²) in [5, 5.41) is 11.5. The van der Waals surface area contributed by atoms with Gasteiger partial charge in [-0.1, -0.05) is 6.07 Å². The number of carbonyl (C=O) groups is 2. The van der Waals surface area contributed by atoms with Crippen LogP contribution in [0.3, 0.4) is 0 Å². The first-order chi connectivity index (χ1) is 18.6. The number of benzene rings is 2. The summed E-state index contributed by atoms with van der Waals surface area (Å²) in [6, 6.07) is 6.70. The fourth-order valence-electron chi connectivity index (χ4n) is 5.25. The molecule has 0 unspecified atom stereocenters. The highest BCUT2D eigenvalue weighted by molar-refractivity contribution is 6.05. The zero-order chi connectivity index (χ0) is 27.9. The standard InChI is InChI=1S/C28H24F3NO7/c1-2-37-24-13-15(9-11-21(24)38-20-12-10-16(28(29,30)31)14-17(20)32(35)36)25-26-18(33)5-3-7-22(26)39-23-8-4-6-19(34)27(23)25/h9-14,25H,2-8H2,1H3. The molecule has 0 saturated carbocycles. The highest BCUT2D eigenvalue weighted by atomic mass is 19.4. The Kier molecular flexibility index (Phi) is 6.92. The molecule has 0 radical (unpaired) electrons. The predicted molar refractivity (Wildman–Crippen MR) is 131 cm³/mol. The van der Waals surface area contributed by atoms with Crippen molar-refractivity contribution < 1.29 is 41.9 Å². The van der Waals surface area contributed by atoms with Crippen LogP contribution in [0.15, 0.2) is 59.1 Å². The second kappa shape index (κ2) is 10.2. The third-order valence-electron chi connectivity index (χ3n) is 6.94. The first kappa shape index (κ1) is 26.5. The minimum Gasteiger partial charge on any atom is -0.490 e. The van der Waals surface area contributed by atoms with Crippen molar-refractivity contribution in [3.8, 4) is 17.2 Å². The number of hydrogen-bond donors (Lipinski definition) is 0. The first-order valence-electron chi connectivity index (χ1n) is 12.6. The van der Waals surface area contributed by atoms with Gasteiger partial charge in [0.1, 0.15) is 11.5 Å². The molecule has 39 heavy (non-hydrogen) atoms. The van der Waals surface area contributed by atoms with Crippen molar-refractivity contribution in [2.45, 2.75) is 57.5 Å². The average Bonchev–Trinajstić information content (AvgIpc) is 2.88. The van der Waals surface area contributed by atoms with Gasteiger partial charge >= 0.3 is 11.9 Å². The summed E-state index contributed by atoms with van der Waals surface area (Å²) in [4.78, 5) is 36.7. The minimum absolute atomic E-state index is 0.0314. The molecule has 0 aromatic heterocycles. The molecule has 0 fully saturated rings. The number of ether oxygens (including phenoxy) is 3. The molecule has 0 saturated heterocycles. The molecular formula is C28H24F3NO7. The van der Waals surface area contributed by atoms with E-state index in [9.17, 15) is 32.9 Å². The third-order valence-corrected chi connectivity index (χ3v) is 6.94. The molecule has 2 aromatic carbocycles. The van der Waals surface area contributed by atoms with E-state index in [-0.39, 0.29) is 29.7 Å². The van der Waals surface area contributed by atoms with Crippen LogP contribution < -0.4 is 9.47 Å². The Morgan fingerprint density at radius 3 is 2.10 bits per heavy atom. The summed E-state index contributed by atoms with van der Waals surface area (Å²) < 4.78 is 56.9. The molecular weight excluding hydrogens is 519 g/mol. The van der Waals surface area contributed by atoms with Crippen LogP contribution in [0.2, 0.25) is 0 Å². The SMILES string of the molecule is CCOc1cc(C2C3=C(CCCC3=O)OC3=C2C(=O)CCC3)ccc1Oc1ccc(C(F)(F)F)cc1[N+](=O)[O-]. The molecule has 0 amide bonds. The van der Waals surface area contributed by atoms with E-state index in [4.69, 9.17) is 14.2 Å². The molecule has 0 atom stereocenters. The summed E-state index contributed by atoms with van der Waals surface area (Å²) in [5.41, 5.74) is -0.550. The molecule has 0 N–H and O–H groups in total. The minimum atomic E-state index is -4.76. The molecule has 3 aliphatic rings. The van der Waals surface area contributed by atoms with E-state index in [0.717, 1.165) is 6.07 Å². The number of nitrogens with zero attached hydrogens (tertiary/aromatic N) is 1. The molecule has 1 aliphatic heterocycles. The van der Waals surface area contributed by atoms with Crippen molar-refractivity contribution >= 4 is 17.3 Å². The van der Waals surface area contributed by atoms with E-state index in [2.05, 4.69) is 0 Å². The quantitative estimate of drug-likeness (QED) is 0.287. The molecule has 11 heteroatoms. The number of nitro groups is 1. The highest BCUT2D eigenvalue weighted by Crippen LogP contribution is 2.49. The topological polar surface area (TPSA) is 105 Å². The van der Waals surface area contributed by atoms with Gasteiger partial charge in [0.05, 0.1) is 17.1 Å². The lowest BCUT2D eigenvalue weighted by Crippen LogP contribution is -2.30. The molecule has 0 spiro atoms. The van der Waals surface area contributed by atoms with Gasteiger partial charge in [0, 0.05) is 48.8 Å². The van der Waals surface area contributed by atoms with Crippen LogP contribution in [0.5, 0.6) is 17.2 Å². The second-order valence-electron chi connectivity index (χ2n) is 9.44. The van der Waals surface area contributed by atoms with Gasteiger partial charge in [-0.25, -0.2) is 0 Å². The van der Waals surface area contributed by atoms with E-state index in [1.807, 2.05) is 0 Å². The summed E-state index contributed by atoms with van der Waals surface area (Å²) in [6.07, 6.45) is -1.61. The van der Waals surface area contributed by atoms with Gasteiger partial charge in [-0.3, -0.25) is 19.7 Å². The zero-order valence-electron chi connectivity index (χ0n) is 20.9. The maximum absolute atomic E-state index is 13.1. The Balaban J connectivity index is 1.58. The van der Waals surface area contributed by atoms with Crippen LogP contribution in [-0.2, 0) is 20.5 Å². The van der Waals surface area contributed by atoms with Crippen molar-refractivity contribution in [2.75, 3.05) is 6.61 Å². The number of alkyl halides is 3. The maximum atomic E-state index is 13.1. The van der Waals surface area contributed by atoms with Crippen molar-refractivity contribution in [2.24, 2.45) is 0 Å². The third kappa shape index (κ3) is 5.00. The summed E-state index contributed by atoms with van der Waals surface area (Å²) in [5.74, 6) is 0.0995. The summed E-state index contributed by atoms with van der Waals surface area (Å²) >= 11 is 0. The van der Waals surface area contributed by atoms with E-state index < -0.39 is 34.0 Å². The number of carbonyl (C=O) groups excluding carboxylic acids is 2. The average molecular weight is 543 g/mol. The van der Waals surface area contributed by atoms with Gasteiger partial charge in [0.2, 0.25) is 5.75 Å². The van der Waals surface area contributed by atoms with Gasteiger partial charge in [-0.05, 0) is 49.6 Å². The van der Waals surface area contributed by atoms with E-state index in [1.54, 1.807) is 19.1 Å². The fourth-order valence-corrected chi connectivity index (χ4v) is 5.25. The van der Waals surface area contributed by atoms with Crippen LogP contribution >= 0.6 is 0 Å². The number of nitro benzene ring substituents is 1. The first-order valence-corrected chi connectivity index (χ1v) is 12.6. The van der Waals surface area contributed by atoms with Gasteiger partial charge in [0.15, 0.2) is 23.1 Å². The maximum Gasteiger partial charge on any atom is 0.416 e. The molecule has 2 aromatic rings. The van der Waals surface area contributed by atoms with E-state index in [1.165, 1.54) is 6.07 Å². The molecule has 0 bridgehead atoms. The lowest BCUT2D eigenvalue weighted by molar-refractivity contribution is -0.385. The zero-order valence-corrected chi connectivity index (χ0v) is 20.9. The number of hydrogen-bond acceptors (Lipinski definition) is 7. The van der Waals surface area contributed by atoms with Crippen LogP contribution in [0.4, 0.5) is 18.9 Å². The number of halogens is 3. The smallest absolute Gasteiger partial charge is 0.416 e. The number of rotatable bonds is 6. The van der Waals surface area contributed by atoms with Crippen molar-refractivity contribution in [1.29, 1.82) is 0 Å². The Hall–Kier alpha value is -4.15. The predicted octanol–water partition coefficient (Wildman–Crippen LogP) is 6.93. The van der Waals surface area contributed by atoms with Gasteiger partial charge in [-0.2, -0.15) is 13.2 Å². The fraction of sp³-hybridized carbons (Fsp3) is 0.357. The second-order valence-corrected chi connectivity index (χ2v) is 9.44. The monoisotopic (exact) mass is 543 g/mol. The van der Waals surface area contributed by atoms with Crippen molar-refractivity contribution in [3.05, 3.63) is 80.3 Å². The van der Waals surface area contributed by atoms with Crippen molar-refractivity contribution in [3.63, 3.8) is 0 Å². The van der Waals surface area contributed by atoms with Crippen LogP contribution in [0, 0.1) is 10.1 Å².